The lowest BCUT2D eigenvalue weighted by molar-refractivity contribution is -0.137. The molecule has 1 atom stereocenters. The molecule has 1 unspecified atom stereocenters. The first-order chi connectivity index (χ1) is 16.8. The van der Waals surface area contributed by atoms with Crippen LogP contribution >= 0.6 is 11.6 Å². The number of aryl methyl sites for hydroxylation is 1. The number of carbonyl (C=O) groups is 2. The number of hydrogen-bond donors (Lipinski definition) is 2. The van der Waals surface area contributed by atoms with Crippen molar-refractivity contribution in [3.63, 3.8) is 0 Å². The Morgan fingerprint density at radius 1 is 1.28 bits per heavy atom. The van der Waals surface area contributed by atoms with Crippen molar-refractivity contribution in [2.45, 2.75) is 19.2 Å². The van der Waals surface area contributed by atoms with Gasteiger partial charge in [0.2, 0.25) is 0 Å². The molecule has 0 aromatic heterocycles. The normalized spacial score (nSPS) is 14.9. The maximum atomic E-state index is 13.7. The molecule has 0 bridgehead atoms. The fraction of sp³-hybridized carbons (Fsp3) is 0.391. The summed E-state index contributed by atoms with van der Waals surface area (Å²) in [5, 5.41) is 12.0. The number of amides is 3. The van der Waals surface area contributed by atoms with Crippen LogP contribution in [0.2, 0.25) is 5.02 Å². The summed E-state index contributed by atoms with van der Waals surface area (Å²) >= 11 is 6.18. The van der Waals surface area contributed by atoms with Gasteiger partial charge in [-0.1, -0.05) is 11.6 Å². The van der Waals surface area contributed by atoms with Crippen LogP contribution in [0.3, 0.4) is 0 Å². The lowest BCUT2D eigenvalue weighted by Gasteiger charge is -2.26. The zero-order valence-corrected chi connectivity index (χ0v) is 20.5. The topological polar surface area (TPSA) is 85.3 Å². The van der Waals surface area contributed by atoms with E-state index in [1.165, 1.54) is 31.0 Å². The van der Waals surface area contributed by atoms with Crippen molar-refractivity contribution in [3.05, 3.63) is 52.3 Å². The van der Waals surface area contributed by atoms with Gasteiger partial charge in [-0.15, -0.1) is 0 Å². The molecule has 3 amide bonds. The maximum Gasteiger partial charge on any atom is 0.419 e. The predicted octanol–water partition coefficient (Wildman–Crippen LogP) is 4.26. The summed E-state index contributed by atoms with van der Waals surface area (Å²) in [6.07, 6.45) is -6.73. The Bertz CT molecular complexity index is 1130. The smallest absolute Gasteiger partial charge is 0.407 e. The van der Waals surface area contributed by atoms with Crippen LogP contribution in [0.1, 0.15) is 11.1 Å². The van der Waals surface area contributed by atoms with E-state index in [1.807, 2.05) is 0 Å². The van der Waals surface area contributed by atoms with Gasteiger partial charge in [0.15, 0.2) is 5.75 Å². The lowest BCUT2D eigenvalue weighted by atomic mass is 10.1. The van der Waals surface area contributed by atoms with Crippen molar-refractivity contribution in [2.75, 3.05) is 50.1 Å². The van der Waals surface area contributed by atoms with Crippen molar-refractivity contribution >= 4 is 35.1 Å². The third-order valence-electron chi connectivity index (χ3n) is 5.60. The van der Waals surface area contributed by atoms with Crippen molar-refractivity contribution in [1.29, 1.82) is 0 Å². The third-order valence-corrected chi connectivity index (χ3v) is 5.98. The number of carbonyl (C=O) groups excluding carboxylic acids is 2. The molecule has 1 fully saturated rings. The monoisotopic (exact) mass is 532 g/mol. The van der Waals surface area contributed by atoms with Gasteiger partial charge in [-0.3, -0.25) is 9.80 Å². The minimum absolute atomic E-state index is 0.0517. The van der Waals surface area contributed by atoms with Gasteiger partial charge >= 0.3 is 18.3 Å². The van der Waals surface area contributed by atoms with Crippen LogP contribution in [0.25, 0.3) is 0 Å². The van der Waals surface area contributed by atoms with Crippen LogP contribution < -0.4 is 19.9 Å². The quantitative estimate of drug-likeness (QED) is 0.520. The van der Waals surface area contributed by atoms with E-state index in [-0.39, 0.29) is 43.2 Å². The Hall–Kier alpha value is -3.09. The standard InChI is InChI=1S/C23H25ClF4N4O4/c1-13-10-17(23(26,27)28)18(24)19(32-9-8-31(21(32)34)12-16(33)11-29-2)20(13)36-22(35)30(3)15-6-4-14(25)5-7-15/h4-7,10,16,29,33H,8-9,11-12H2,1-3H3. The Labute approximate surface area is 210 Å². The van der Waals surface area contributed by atoms with Gasteiger partial charge in [0.25, 0.3) is 0 Å². The molecule has 196 valence electrons. The molecule has 0 spiro atoms. The number of urea groups is 1. The highest BCUT2D eigenvalue weighted by molar-refractivity contribution is 6.35. The van der Waals surface area contributed by atoms with Crippen LogP contribution in [0.4, 0.5) is 38.5 Å². The second kappa shape index (κ2) is 10.9. The van der Waals surface area contributed by atoms with Gasteiger partial charge in [-0.25, -0.2) is 14.0 Å². The van der Waals surface area contributed by atoms with E-state index in [9.17, 15) is 32.3 Å². The highest BCUT2D eigenvalue weighted by atomic mass is 35.5. The number of aliphatic hydroxyl groups is 1. The first-order valence-corrected chi connectivity index (χ1v) is 11.2. The number of ether oxygens (including phenoxy) is 1. The minimum Gasteiger partial charge on any atom is -0.407 e. The number of benzene rings is 2. The molecule has 0 radical (unpaired) electrons. The molecule has 1 saturated heterocycles. The molecule has 1 aliphatic heterocycles. The molecule has 1 heterocycles. The number of nitrogens with zero attached hydrogens (tertiary/aromatic N) is 3. The number of hydrogen-bond acceptors (Lipinski definition) is 5. The van der Waals surface area contributed by atoms with Crippen LogP contribution in [0.5, 0.6) is 5.75 Å². The summed E-state index contributed by atoms with van der Waals surface area (Å²) < 4.78 is 59.9. The van der Waals surface area contributed by atoms with Crippen molar-refractivity contribution in [2.24, 2.45) is 0 Å². The van der Waals surface area contributed by atoms with Gasteiger partial charge < -0.3 is 20.1 Å². The van der Waals surface area contributed by atoms with Crippen LogP contribution in [-0.2, 0) is 6.18 Å². The second-order valence-electron chi connectivity index (χ2n) is 8.23. The molecule has 36 heavy (non-hydrogen) atoms. The molecular weight excluding hydrogens is 508 g/mol. The number of alkyl halides is 3. The number of nitrogens with one attached hydrogen (secondary N) is 1. The van der Waals surface area contributed by atoms with E-state index in [0.717, 1.165) is 28.0 Å². The van der Waals surface area contributed by atoms with Gasteiger partial charge in [-0.05, 0) is 49.9 Å². The van der Waals surface area contributed by atoms with Gasteiger partial charge in [0.1, 0.15) is 11.5 Å². The fourth-order valence-electron chi connectivity index (χ4n) is 3.78. The fourth-order valence-corrected chi connectivity index (χ4v) is 4.13. The number of anilines is 2. The van der Waals surface area contributed by atoms with Gasteiger partial charge in [-0.2, -0.15) is 13.2 Å². The summed E-state index contributed by atoms with van der Waals surface area (Å²) in [7, 11) is 2.96. The molecule has 0 aliphatic carbocycles. The van der Waals surface area contributed by atoms with Crippen molar-refractivity contribution < 1.29 is 37.0 Å². The molecule has 2 aromatic rings. The van der Waals surface area contributed by atoms with E-state index in [1.54, 1.807) is 7.05 Å². The van der Waals surface area contributed by atoms with E-state index < -0.39 is 46.5 Å². The van der Waals surface area contributed by atoms with E-state index in [2.05, 4.69) is 5.32 Å². The first-order valence-electron chi connectivity index (χ1n) is 10.9. The Balaban J connectivity index is 2.00. The summed E-state index contributed by atoms with van der Waals surface area (Å²) in [6.45, 7) is 1.49. The Morgan fingerprint density at radius 3 is 2.50 bits per heavy atom. The van der Waals surface area contributed by atoms with Gasteiger partial charge in [0, 0.05) is 38.9 Å². The Kier molecular flexibility index (Phi) is 8.32. The highest BCUT2D eigenvalue weighted by Crippen LogP contribution is 2.47. The number of likely N-dealkylation sites (N-methyl/N-ethyl adjacent to an activating group) is 1. The third kappa shape index (κ3) is 5.82. The number of β-amino-alcohol motifs (C(OH)–C–C–N with tert-alkyl or cyclic N) is 1. The highest BCUT2D eigenvalue weighted by Gasteiger charge is 2.41. The molecule has 1 aliphatic rings. The summed E-state index contributed by atoms with van der Waals surface area (Å²) in [6, 6.07) is 4.94. The van der Waals surface area contributed by atoms with Gasteiger partial charge in [0.05, 0.1) is 16.7 Å². The summed E-state index contributed by atoms with van der Waals surface area (Å²) in [5.41, 5.74) is -1.41. The molecule has 13 heteroatoms. The average molecular weight is 533 g/mol. The zero-order chi connectivity index (χ0) is 26.8. The number of halogens is 5. The SMILES string of the molecule is CNCC(O)CN1CCN(c2c(Cl)c(C(F)(F)F)cc(C)c2OC(=O)N(C)c2ccc(F)cc2)C1=O. The maximum absolute atomic E-state index is 13.7. The van der Waals surface area contributed by atoms with E-state index in [0.29, 0.717) is 0 Å². The van der Waals surface area contributed by atoms with Crippen molar-refractivity contribution in [1.82, 2.24) is 10.2 Å². The number of aliphatic hydroxyl groups excluding tert-OH is 1. The summed E-state index contributed by atoms with van der Waals surface area (Å²) in [5.74, 6) is -0.844. The molecule has 0 saturated carbocycles. The molecular formula is C23H25ClF4N4O4. The largest absolute Gasteiger partial charge is 0.419 e. The van der Waals surface area contributed by atoms with Crippen molar-refractivity contribution in [3.8, 4) is 5.75 Å². The Morgan fingerprint density at radius 2 is 1.92 bits per heavy atom. The van der Waals surface area contributed by atoms with Crippen LogP contribution in [0.15, 0.2) is 30.3 Å². The van der Waals surface area contributed by atoms with Crippen LogP contribution in [0, 0.1) is 12.7 Å². The average Bonchev–Trinajstić information content (AvgIpc) is 3.15. The van der Waals surface area contributed by atoms with E-state index in [4.69, 9.17) is 16.3 Å². The molecule has 8 nitrogen and oxygen atoms in total. The predicted molar refractivity (Wildman–Crippen MR) is 126 cm³/mol. The summed E-state index contributed by atoms with van der Waals surface area (Å²) in [4.78, 5) is 29.2. The lowest BCUT2D eigenvalue weighted by Crippen LogP contribution is -2.40. The number of rotatable bonds is 7. The first kappa shape index (κ1) is 27.5. The molecule has 3 rings (SSSR count). The molecule has 2 aromatic carbocycles. The zero-order valence-electron chi connectivity index (χ0n) is 19.7. The van der Waals surface area contributed by atoms with E-state index >= 15 is 0 Å². The minimum atomic E-state index is -4.84. The second-order valence-corrected chi connectivity index (χ2v) is 8.60. The van der Waals surface area contributed by atoms with Crippen LogP contribution in [-0.4, -0.2) is 68.5 Å². The molecule has 2 N–H and O–H groups in total.